The van der Waals surface area contributed by atoms with E-state index >= 15 is 0 Å². The first kappa shape index (κ1) is 13.1. The van der Waals surface area contributed by atoms with Gasteiger partial charge in [0.2, 0.25) is 0 Å². The van der Waals surface area contributed by atoms with Crippen molar-refractivity contribution in [3.05, 3.63) is 12.2 Å². The van der Waals surface area contributed by atoms with Crippen LogP contribution in [-0.2, 0) is 4.74 Å². The molecule has 0 aliphatic heterocycles. The summed E-state index contributed by atoms with van der Waals surface area (Å²) in [6, 6.07) is 0. The van der Waals surface area contributed by atoms with E-state index in [0.717, 1.165) is 17.9 Å². The minimum absolute atomic E-state index is 0.162. The topological polar surface area (TPSA) is 9.23 Å². The van der Waals surface area contributed by atoms with Crippen molar-refractivity contribution >= 4 is 7.92 Å². The Kier molecular flexibility index (Phi) is 7.60. The smallest absolute Gasteiger partial charge is 0.0643 e. The van der Waals surface area contributed by atoms with E-state index in [1.807, 2.05) is 0 Å². The van der Waals surface area contributed by atoms with Crippen LogP contribution in [0.2, 0.25) is 0 Å². The third-order valence-corrected chi connectivity index (χ3v) is 5.36. The van der Waals surface area contributed by atoms with Crippen molar-refractivity contribution in [1.82, 2.24) is 0 Å². The van der Waals surface area contributed by atoms with Crippen LogP contribution in [0.15, 0.2) is 12.2 Å². The monoisotopic (exact) mass is 202 g/mol. The van der Waals surface area contributed by atoms with Gasteiger partial charge in [0, 0.05) is 7.11 Å². The van der Waals surface area contributed by atoms with Crippen molar-refractivity contribution < 1.29 is 4.74 Å². The fourth-order valence-electron chi connectivity index (χ4n) is 1.38. The molecule has 0 rings (SSSR count). The Morgan fingerprint density at radius 3 is 2.00 bits per heavy atom. The van der Waals surface area contributed by atoms with E-state index in [-0.39, 0.29) is 7.92 Å². The summed E-state index contributed by atoms with van der Waals surface area (Å²) in [7, 11) is 1.90. The Morgan fingerprint density at radius 1 is 1.08 bits per heavy atom. The lowest BCUT2D eigenvalue weighted by molar-refractivity contribution is 0.234. The molecule has 0 amide bonds. The number of rotatable bonds is 6. The third-order valence-electron chi connectivity index (χ3n) is 2.07. The highest BCUT2D eigenvalue weighted by Gasteiger charge is 2.14. The lowest BCUT2D eigenvalue weighted by Crippen LogP contribution is -2.05. The molecule has 0 aliphatic carbocycles. The Balaban J connectivity index is 3.83. The van der Waals surface area contributed by atoms with Gasteiger partial charge in [-0.3, -0.25) is 0 Å². The Hall–Kier alpha value is 0.130. The van der Waals surface area contributed by atoms with Crippen molar-refractivity contribution in [3.63, 3.8) is 0 Å². The molecule has 0 aliphatic rings. The molecule has 0 bridgehead atoms. The summed E-state index contributed by atoms with van der Waals surface area (Å²) in [6.45, 7) is 10.1. The molecule has 78 valence electrons. The van der Waals surface area contributed by atoms with Gasteiger partial charge in [-0.2, -0.15) is 0 Å². The van der Waals surface area contributed by atoms with Crippen LogP contribution in [0.3, 0.4) is 0 Å². The molecule has 0 aromatic rings. The van der Waals surface area contributed by atoms with E-state index in [2.05, 4.69) is 39.8 Å². The summed E-state index contributed by atoms with van der Waals surface area (Å²) in [6.07, 6.45) is 5.64. The summed E-state index contributed by atoms with van der Waals surface area (Å²) >= 11 is 0. The first-order valence-corrected chi connectivity index (χ1v) is 6.65. The van der Waals surface area contributed by atoms with Crippen molar-refractivity contribution in [2.45, 2.75) is 39.0 Å². The van der Waals surface area contributed by atoms with Crippen LogP contribution in [0.4, 0.5) is 0 Å². The summed E-state index contributed by atoms with van der Waals surface area (Å²) in [4.78, 5) is 0. The predicted octanol–water partition coefficient (Wildman–Crippen LogP) is 3.49. The highest BCUT2D eigenvalue weighted by molar-refractivity contribution is 7.59. The minimum Gasteiger partial charge on any atom is -0.381 e. The van der Waals surface area contributed by atoms with Crippen molar-refractivity contribution in [3.8, 4) is 0 Å². The quantitative estimate of drug-likeness (QED) is 0.473. The highest BCUT2D eigenvalue weighted by atomic mass is 31.1. The normalized spacial score (nSPS) is 12.6. The van der Waals surface area contributed by atoms with Crippen molar-refractivity contribution in [1.29, 1.82) is 0 Å². The van der Waals surface area contributed by atoms with Crippen LogP contribution < -0.4 is 0 Å². The first-order chi connectivity index (χ1) is 6.09. The van der Waals surface area contributed by atoms with Crippen LogP contribution in [0.25, 0.3) is 0 Å². The second-order valence-electron chi connectivity index (χ2n) is 3.81. The van der Waals surface area contributed by atoms with Crippen LogP contribution >= 0.6 is 7.92 Å². The first-order valence-electron chi connectivity index (χ1n) is 4.99. The maximum atomic E-state index is 4.96. The molecule has 0 N–H and O–H groups in total. The second-order valence-corrected chi connectivity index (χ2v) is 7.27. The van der Waals surface area contributed by atoms with Gasteiger partial charge >= 0.3 is 0 Å². The third kappa shape index (κ3) is 6.23. The van der Waals surface area contributed by atoms with Gasteiger partial charge in [-0.1, -0.05) is 47.8 Å². The fourth-order valence-corrected chi connectivity index (χ4v) is 3.81. The maximum Gasteiger partial charge on any atom is 0.0643 e. The zero-order valence-electron chi connectivity index (χ0n) is 9.58. The number of allylic oxidation sites excluding steroid dienone is 1. The fraction of sp³-hybridized carbons (Fsp3) is 0.818. The standard InChI is InChI=1S/C11H23OP/c1-10(2)13(11(3)4)9-7-6-8-12-5/h6-7,10-11H,8-9H2,1-5H3. The number of ether oxygens (including phenoxy) is 1. The van der Waals surface area contributed by atoms with E-state index in [9.17, 15) is 0 Å². The predicted molar refractivity (Wildman–Crippen MR) is 63.1 cm³/mol. The van der Waals surface area contributed by atoms with E-state index in [1.165, 1.54) is 6.16 Å². The van der Waals surface area contributed by atoms with Crippen LogP contribution in [0.5, 0.6) is 0 Å². The van der Waals surface area contributed by atoms with Gasteiger partial charge in [0.15, 0.2) is 0 Å². The molecule has 0 aromatic heterocycles. The Labute approximate surface area is 84.3 Å². The van der Waals surface area contributed by atoms with E-state index in [4.69, 9.17) is 4.74 Å². The van der Waals surface area contributed by atoms with E-state index < -0.39 is 0 Å². The molecular weight excluding hydrogens is 179 g/mol. The molecule has 0 atom stereocenters. The molecular formula is C11H23OP. The van der Waals surface area contributed by atoms with Crippen LogP contribution in [0, 0.1) is 0 Å². The molecule has 1 nitrogen and oxygen atoms in total. The summed E-state index contributed by atoms with van der Waals surface area (Å²) in [5, 5.41) is 0. The number of hydrogen-bond donors (Lipinski definition) is 0. The minimum atomic E-state index is 0.162. The summed E-state index contributed by atoms with van der Waals surface area (Å²) < 4.78 is 4.96. The SMILES string of the molecule is COCC=CCP(C(C)C)C(C)C. The molecule has 0 heterocycles. The van der Waals surface area contributed by atoms with E-state index in [0.29, 0.717) is 0 Å². The molecule has 0 saturated heterocycles. The maximum absolute atomic E-state index is 4.96. The Bertz CT molecular complexity index is 133. The van der Waals surface area contributed by atoms with Crippen LogP contribution in [-0.4, -0.2) is 31.2 Å². The molecule has 0 radical (unpaired) electrons. The zero-order valence-corrected chi connectivity index (χ0v) is 10.5. The second kappa shape index (κ2) is 7.53. The van der Waals surface area contributed by atoms with Crippen molar-refractivity contribution in [2.24, 2.45) is 0 Å². The summed E-state index contributed by atoms with van der Waals surface area (Å²) in [5.41, 5.74) is 1.67. The molecule has 13 heavy (non-hydrogen) atoms. The molecule has 2 heteroatoms. The average molecular weight is 202 g/mol. The lowest BCUT2D eigenvalue weighted by atomic mass is 10.5. The zero-order chi connectivity index (χ0) is 10.3. The van der Waals surface area contributed by atoms with Gasteiger partial charge < -0.3 is 4.74 Å². The lowest BCUT2D eigenvalue weighted by Gasteiger charge is -2.24. The van der Waals surface area contributed by atoms with E-state index in [1.54, 1.807) is 7.11 Å². The molecule has 0 fully saturated rings. The highest BCUT2D eigenvalue weighted by Crippen LogP contribution is 2.45. The molecule has 0 spiro atoms. The van der Waals surface area contributed by atoms with Gasteiger partial charge in [0.1, 0.15) is 0 Å². The average Bonchev–Trinajstić information content (AvgIpc) is 2.02. The van der Waals surface area contributed by atoms with Crippen molar-refractivity contribution in [2.75, 3.05) is 19.9 Å². The molecule has 0 aromatic carbocycles. The number of methoxy groups -OCH3 is 1. The van der Waals surface area contributed by atoms with Gasteiger partial charge in [0.05, 0.1) is 6.61 Å². The van der Waals surface area contributed by atoms with Gasteiger partial charge in [-0.15, -0.1) is 0 Å². The van der Waals surface area contributed by atoms with Crippen LogP contribution in [0.1, 0.15) is 27.7 Å². The Morgan fingerprint density at radius 2 is 1.62 bits per heavy atom. The molecule has 0 saturated carbocycles. The largest absolute Gasteiger partial charge is 0.381 e. The number of hydrogen-bond acceptors (Lipinski definition) is 1. The van der Waals surface area contributed by atoms with Gasteiger partial charge in [0.25, 0.3) is 0 Å². The van der Waals surface area contributed by atoms with Gasteiger partial charge in [-0.25, -0.2) is 0 Å². The summed E-state index contributed by atoms with van der Waals surface area (Å²) in [5.74, 6) is 0. The van der Waals surface area contributed by atoms with Gasteiger partial charge in [-0.05, 0) is 17.5 Å². The molecule has 0 unspecified atom stereocenters.